The number of hydrogen-bond acceptors (Lipinski definition) is 1. The average molecular weight is 260 g/mol. The lowest BCUT2D eigenvalue weighted by atomic mass is 9.89. The molecule has 0 aliphatic rings. The van der Waals surface area contributed by atoms with E-state index in [1.807, 2.05) is 25.2 Å². The highest BCUT2D eigenvalue weighted by Gasteiger charge is 2.16. The first-order valence-electron chi connectivity index (χ1n) is 5.63. The predicted octanol–water partition coefficient (Wildman–Crippen LogP) is 4.03. The highest BCUT2D eigenvalue weighted by Crippen LogP contribution is 2.28. The molecule has 0 spiro atoms. The maximum absolute atomic E-state index is 6.17. The zero-order valence-electron chi connectivity index (χ0n) is 10.1. The standard InChI is InChI=1S/C13H19Cl2N/c1-9(2)10(8-16-3)7-11-12(14)5-4-6-13(11)15/h4-6,9-10,16H,7-8H2,1-3H3. The third kappa shape index (κ3) is 3.65. The molecule has 1 aromatic rings. The fourth-order valence-corrected chi connectivity index (χ4v) is 2.35. The summed E-state index contributed by atoms with van der Waals surface area (Å²) in [5.74, 6) is 1.17. The van der Waals surface area contributed by atoms with Crippen molar-refractivity contribution < 1.29 is 0 Å². The van der Waals surface area contributed by atoms with Crippen LogP contribution < -0.4 is 5.32 Å². The van der Waals surface area contributed by atoms with Crippen molar-refractivity contribution in [2.45, 2.75) is 20.3 Å². The fraction of sp³-hybridized carbons (Fsp3) is 0.538. The molecule has 1 aromatic carbocycles. The van der Waals surface area contributed by atoms with Crippen molar-refractivity contribution in [1.82, 2.24) is 5.32 Å². The van der Waals surface area contributed by atoms with Gasteiger partial charge in [0.25, 0.3) is 0 Å². The Morgan fingerprint density at radius 2 is 1.75 bits per heavy atom. The molecule has 0 aliphatic carbocycles. The highest BCUT2D eigenvalue weighted by molar-refractivity contribution is 6.35. The number of hydrogen-bond donors (Lipinski definition) is 1. The van der Waals surface area contributed by atoms with Crippen LogP contribution in [-0.4, -0.2) is 13.6 Å². The van der Waals surface area contributed by atoms with E-state index in [1.54, 1.807) is 0 Å². The minimum atomic E-state index is 0.558. The van der Waals surface area contributed by atoms with Crippen LogP contribution in [0.3, 0.4) is 0 Å². The molecule has 0 aromatic heterocycles. The average Bonchev–Trinajstić information content (AvgIpc) is 2.21. The molecular weight excluding hydrogens is 241 g/mol. The molecule has 1 unspecified atom stereocenters. The molecular formula is C13H19Cl2N. The highest BCUT2D eigenvalue weighted by atomic mass is 35.5. The minimum absolute atomic E-state index is 0.558. The largest absolute Gasteiger partial charge is 0.319 e. The summed E-state index contributed by atoms with van der Waals surface area (Å²) < 4.78 is 0. The minimum Gasteiger partial charge on any atom is -0.319 e. The van der Waals surface area contributed by atoms with Gasteiger partial charge in [0.05, 0.1) is 0 Å². The summed E-state index contributed by atoms with van der Waals surface area (Å²) in [5, 5.41) is 4.77. The van der Waals surface area contributed by atoms with Gasteiger partial charge in [-0.25, -0.2) is 0 Å². The van der Waals surface area contributed by atoms with Crippen LogP contribution in [0.1, 0.15) is 19.4 Å². The summed E-state index contributed by atoms with van der Waals surface area (Å²) in [7, 11) is 1.98. The van der Waals surface area contributed by atoms with Crippen LogP contribution in [0.2, 0.25) is 10.0 Å². The first-order chi connectivity index (χ1) is 7.56. The predicted molar refractivity (Wildman–Crippen MR) is 72.4 cm³/mol. The summed E-state index contributed by atoms with van der Waals surface area (Å²) in [6.07, 6.45) is 0.928. The Morgan fingerprint density at radius 1 is 1.19 bits per heavy atom. The van der Waals surface area contributed by atoms with Crippen molar-refractivity contribution in [2.24, 2.45) is 11.8 Å². The van der Waals surface area contributed by atoms with Gasteiger partial charge in [-0.3, -0.25) is 0 Å². The second-order valence-corrected chi connectivity index (χ2v) is 5.28. The van der Waals surface area contributed by atoms with Crippen LogP contribution in [0, 0.1) is 11.8 Å². The molecule has 90 valence electrons. The lowest BCUT2D eigenvalue weighted by Gasteiger charge is -2.21. The van der Waals surface area contributed by atoms with E-state index >= 15 is 0 Å². The summed E-state index contributed by atoms with van der Waals surface area (Å²) in [4.78, 5) is 0. The molecule has 1 N–H and O–H groups in total. The van der Waals surface area contributed by atoms with E-state index < -0.39 is 0 Å². The van der Waals surface area contributed by atoms with Crippen LogP contribution >= 0.6 is 23.2 Å². The summed E-state index contributed by atoms with van der Waals surface area (Å²) in [6, 6.07) is 5.69. The van der Waals surface area contributed by atoms with Gasteiger partial charge in [-0.2, -0.15) is 0 Å². The Balaban J connectivity index is 2.84. The van der Waals surface area contributed by atoms with Crippen LogP contribution in [0.4, 0.5) is 0 Å². The Kier molecular flexibility index (Phi) is 5.60. The van der Waals surface area contributed by atoms with E-state index in [-0.39, 0.29) is 0 Å². The number of rotatable bonds is 5. The SMILES string of the molecule is CNCC(Cc1c(Cl)cccc1Cl)C(C)C. The smallest absolute Gasteiger partial charge is 0.0452 e. The molecule has 0 fully saturated rings. The van der Waals surface area contributed by atoms with Crippen molar-refractivity contribution in [3.63, 3.8) is 0 Å². The monoisotopic (exact) mass is 259 g/mol. The summed E-state index contributed by atoms with van der Waals surface area (Å²) in [5.41, 5.74) is 1.07. The zero-order chi connectivity index (χ0) is 12.1. The van der Waals surface area contributed by atoms with Gasteiger partial charge in [0.2, 0.25) is 0 Å². The third-order valence-electron chi connectivity index (χ3n) is 2.94. The topological polar surface area (TPSA) is 12.0 Å². The van der Waals surface area contributed by atoms with Crippen molar-refractivity contribution in [2.75, 3.05) is 13.6 Å². The van der Waals surface area contributed by atoms with Gasteiger partial charge in [0, 0.05) is 10.0 Å². The van der Waals surface area contributed by atoms with Gasteiger partial charge >= 0.3 is 0 Å². The molecule has 0 amide bonds. The number of benzene rings is 1. The van der Waals surface area contributed by atoms with E-state index in [0.29, 0.717) is 11.8 Å². The molecule has 0 saturated heterocycles. The Bertz CT molecular complexity index is 316. The molecule has 3 heteroatoms. The van der Waals surface area contributed by atoms with E-state index in [0.717, 1.165) is 28.6 Å². The Hall–Kier alpha value is -0.240. The molecule has 16 heavy (non-hydrogen) atoms. The Morgan fingerprint density at radius 3 is 2.19 bits per heavy atom. The van der Waals surface area contributed by atoms with Gasteiger partial charge in [-0.15, -0.1) is 0 Å². The van der Waals surface area contributed by atoms with Crippen LogP contribution in [0.5, 0.6) is 0 Å². The van der Waals surface area contributed by atoms with E-state index in [4.69, 9.17) is 23.2 Å². The fourth-order valence-electron chi connectivity index (χ4n) is 1.80. The van der Waals surface area contributed by atoms with Gasteiger partial charge in [-0.05, 0) is 49.5 Å². The van der Waals surface area contributed by atoms with Gasteiger partial charge in [-0.1, -0.05) is 43.1 Å². The molecule has 0 saturated carbocycles. The van der Waals surface area contributed by atoms with Crippen molar-refractivity contribution in [1.29, 1.82) is 0 Å². The van der Waals surface area contributed by atoms with E-state index in [2.05, 4.69) is 19.2 Å². The first kappa shape index (κ1) is 13.8. The Labute approximate surface area is 108 Å². The van der Waals surface area contributed by atoms with Gasteiger partial charge < -0.3 is 5.32 Å². The summed E-state index contributed by atoms with van der Waals surface area (Å²) in [6.45, 7) is 5.44. The lowest BCUT2D eigenvalue weighted by Crippen LogP contribution is -2.25. The van der Waals surface area contributed by atoms with Crippen molar-refractivity contribution >= 4 is 23.2 Å². The third-order valence-corrected chi connectivity index (χ3v) is 3.65. The summed E-state index contributed by atoms with van der Waals surface area (Å²) >= 11 is 12.3. The molecule has 0 bridgehead atoms. The van der Waals surface area contributed by atoms with E-state index in [9.17, 15) is 0 Å². The molecule has 1 nitrogen and oxygen atoms in total. The number of nitrogens with one attached hydrogen (secondary N) is 1. The van der Waals surface area contributed by atoms with Gasteiger partial charge in [0.15, 0.2) is 0 Å². The zero-order valence-corrected chi connectivity index (χ0v) is 11.6. The molecule has 1 rings (SSSR count). The van der Waals surface area contributed by atoms with Gasteiger partial charge in [0.1, 0.15) is 0 Å². The maximum Gasteiger partial charge on any atom is 0.0452 e. The van der Waals surface area contributed by atoms with Crippen LogP contribution in [-0.2, 0) is 6.42 Å². The first-order valence-corrected chi connectivity index (χ1v) is 6.39. The van der Waals surface area contributed by atoms with Crippen LogP contribution in [0.25, 0.3) is 0 Å². The lowest BCUT2D eigenvalue weighted by molar-refractivity contribution is 0.370. The molecule has 0 radical (unpaired) electrons. The van der Waals surface area contributed by atoms with Crippen molar-refractivity contribution in [3.8, 4) is 0 Å². The number of halogens is 2. The molecule has 0 heterocycles. The normalized spacial score (nSPS) is 13.1. The second kappa shape index (κ2) is 6.48. The van der Waals surface area contributed by atoms with Crippen LogP contribution in [0.15, 0.2) is 18.2 Å². The van der Waals surface area contributed by atoms with E-state index in [1.165, 1.54) is 0 Å². The quantitative estimate of drug-likeness (QED) is 0.842. The molecule has 0 aliphatic heterocycles. The maximum atomic E-state index is 6.17. The van der Waals surface area contributed by atoms with Crippen molar-refractivity contribution in [3.05, 3.63) is 33.8 Å². The second-order valence-electron chi connectivity index (χ2n) is 4.47. The molecule has 1 atom stereocenters.